The van der Waals surface area contributed by atoms with Gasteiger partial charge in [-0.2, -0.15) is 0 Å². The standard InChI is InChI=1S/C20H31N3O3/c1-16(22-11-9-21(2)10-12-22)7-8-20(24)23-14-19(15-23)26-18-6-4-5-17(13-18)25-3/h4-6,13,16,19H,7-12,14-15H2,1-3H3/t16-/m1/s1. The number of amides is 1. The zero-order valence-corrected chi connectivity index (χ0v) is 16.2. The zero-order valence-electron chi connectivity index (χ0n) is 16.2. The van der Waals surface area contributed by atoms with Crippen LogP contribution in [0.2, 0.25) is 0 Å². The van der Waals surface area contributed by atoms with Gasteiger partial charge in [-0.05, 0) is 32.5 Å². The monoisotopic (exact) mass is 361 g/mol. The molecule has 1 amide bonds. The summed E-state index contributed by atoms with van der Waals surface area (Å²) in [4.78, 5) is 19.1. The van der Waals surface area contributed by atoms with Crippen LogP contribution < -0.4 is 9.47 Å². The first-order chi connectivity index (χ1) is 12.5. The summed E-state index contributed by atoms with van der Waals surface area (Å²) in [6.07, 6.45) is 1.64. The minimum Gasteiger partial charge on any atom is -0.497 e. The van der Waals surface area contributed by atoms with Crippen LogP contribution in [0.1, 0.15) is 19.8 Å². The minimum absolute atomic E-state index is 0.0844. The van der Waals surface area contributed by atoms with Crippen LogP contribution in [0.25, 0.3) is 0 Å². The van der Waals surface area contributed by atoms with Crippen LogP contribution in [-0.4, -0.2) is 86.2 Å². The Labute approximate surface area is 156 Å². The van der Waals surface area contributed by atoms with Crippen molar-refractivity contribution >= 4 is 5.91 Å². The highest BCUT2D eigenvalue weighted by Gasteiger charge is 2.32. The van der Waals surface area contributed by atoms with Gasteiger partial charge in [0.1, 0.15) is 17.6 Å². The van der Waals surface area contributed by atoms with E-state index in [2.05, 4.69) is 23.8 Å². The van der Waals surface area contributed by atoms with Crippen LogP contribution in [-0.2, 0) is 4.79 Å². The van der Waals surface area contributed by atoms with Crippen molar-refractivity contribution in [3.05, 3.63) is 24.3 Å². The molecule has 2 fully saturated rings. The number of likely N-dealkylation sites (N-methyl/N-ethyl adjacent to an activating group) is 1. The molecule has 6 nitrogen and oxygen atoms in total. The highest BCUT2D eigenvalue weighted by atomic mass is 16.5. The third-order valence-electron chi connectivity index (χ3n) is 5.48. The number of ether oxygens (including phenoxy) is 2. The van der Waals surface area contributed by atoms with Gasteiger partial charge in [-0.25, -0.2) is 0 Å². The molecule has 0 bridgehead atoms. The SMILES string of the molecule is COc1cccc(OC2CN(C(=O)CC[C@@H](C)N3CCN(C)CC3)C2)c1. The van der Waals surface area contributed by atoms with Crippen molar-refractivity contribution in [2.45, 2.75) is 31.9 Å². The number of carbonyl (C=O) groups is 1. The number of methoxy groups -OCH3 is 1. The number of carbonyl (C=O) groups excluding carboxylic acids is 1. The van der Waals surface area contributed by atoms with Gasteiger partial charge < -0.3 is 19.3 Å². The molecule has 2 saturated heterocycles. The lowest BCUT2D eigenvalue weighted by Crippen LogP contribution is -2.56. The summed E-state index contributed by atoms with van der Waals surface area (Å²) >= 11 is 0. The zero-order chi connectivity index (χ0) is 18.5. The molecule has 1 atom stereocenters. The van der Waals surface area contributed by atoms with Gasteiger partial charge in [-0.15, -0.1) is 0 Å². The molecule has 2 aliphatic heterocycles. The summed E-state index contributed by atoms with van der Waals surface area (Å²) in [6, 6.07) is 8.07. The van der Waals surface area contributed by atoms with E-state index in [1.54, 1.807) is 7.11 Å². The van der Waals surface area contributed by atoms with Gasteiger partial charge in [0.25, 0.3) is 0 Å². The topological polar surface area (TPSA) is 45.3 Å². The molecule has 0 radical (unpaired) electrons. The molecule has 26 heavy (non-hydrogen) atoms. The second-order valence-corrected chi connectivity index (χ2v) is 7.44. The summed E-state index contributed by atoms with van der Waals surface area (Å²) in [6.45, 7) is 8.04. The van der Waals surface area contributed by atoms with E-state index in [0.29, 0.717) is 25.6 Å². The Morgan fingerprint density at radius 1 is 1.19 bits per heavy atom. The average Bonchev–Trinajstić information content (AvgIpc) is 2.63. The number of nitrogens with zero attached hydrogens (tertiary/aromatic N) is 3. The number of likely N-dealkylation sites (tertiary alicyclic amines) is 1. The fourth-order valence-corrected chi connectivity index (χ4v) is 3.52. The van der Waals surface area contributed by atoms with Gasteiger partial charge >= 0.3 is 0 Å². The van der Waals surface area contributed by atoms with Crippen molar-refractivity contribution in [1.29, 1.82) is 0 Å². The van der Waals surface area contributed by atoms with Gasteiger partial charge in [0.15, 0.2) is 0 Å². The number of piperazine rings is 1. The van der Waals surface area contributed by atoms with E-state index >= 15 is 0 Å². The Balaban J connectivity index is 1.35. The number of hydrogen-bond donors (Lipinski definition) is 0. The first-order valence-electron chi connectivity index (χ1n) is 9.56. The summed E-state index contributed by atoms with van der Waals surface area (Å²) in [5.41, 5.74) is 0. The summed E-state index contributed by atoms with van der Waals surface area (Å²) in [5, 5.41) is 0. The highest BCUT2D eigenvalue weighted by Crippen LogP contribution is 2.23. The Hall–Kier alpha value is -1.79. The minimum atomic E-state index is 0.0844. The van der Waals surface area contributed by atoms with Gasteiger partial charge in [-0.3, -0.25) is 9.69 Å². The van der Waals surface area contributed by atoms with Crippen LogP contribution in [0.4, 0.5) is 0 Å². The summed E-state index contributed by atoms with van der Waals surface area (Å²) in [7, 11) is 3.81. The number of benzene rings is 1. The first kappa shape index (κ1) is 19.0. The van der Waals surface area contributed by atoms with Crippen molar-refractivity contribution < 1.29 is 14.3 Å². The van der Waals surface area contributed by atoms with E-state index in [1.165, 1.54) is 0 Å². The Kier molecular flexibility index (Phi) is 6.38. The molecule has 1 aromatic rings. The quantitative estimate of drug-likeness (QED) is 0.740. The molecule has 3 rings (SSSR count). The van der Waals surface area contributed by atoms with Crippen molar-refractivity contribution in [2.24, 2.45) is 0 Å². The average molecular weight is 361 g/mol. The van der Waals surface area contributed by atoms with Crippen LogP contribution in [0.5, 0.6) is 11.5 Å². The van der Waals surface area contributed by atoms with E-state index in [1.807, 2.05) is 29.2 Å². The molecule has 2 aliphatic rings. The highest BCUT2D eigenvalue weighted by molar-refractivity contribution is 5.77. The molecular formula is C20H31N3O3. The molecule has 0 aliphatic carbocycles. The summed E-state index contributed by atoms with van der Waals surface area (Å²) in [5.74, 6) is 1.83. The van der Waals surface area contributed by atoms with Crippen LogP contribution in [0, 0.1) is 0 Å². The first-order valence-corrected chi connectivity index (χ1v) is 9.56. The Morgan fingerprint density at radius 3 is 2.58 bits per heavy atom. The third kappa shape index (κ3) is 4.89. The van der Waals surface area contributed by atoms with Gasteiger partial charge in [0.2, 0.25) is 5.91 Å². The fraction of sp³-hybridized carbons (Fsp3) is 0.650. The maximum atomic E-state index is 12.4. The molecule has 0 unspecified atom stereocenters. The van der Waals surface area contributed by atoms with E-state index < -0.39 is 0 Å². The largest absolute Gasteiger partial charge is 0.497 e. The van der Waals surface area contributed by atoms with Crippen molar-refractivity contribution in [1.82, 2.24) is 14.7 Å². The van der Waals surface area contributed by atoms with Crippen molar-refractivity contribution in [2.75, 3.05) is 53.4 Å². The molecule has 0 spiro atoms. The van der Waals surface area contributed by atoms with Crippen LogP contribution in [0.15, 0.2) is 24.3 Å². The van der Waals surface area contributed by atoms with E-state index in [4.69, 9.17) is 9.47 Å². The van der Waals surface area contributed by atoms with Gasteiger partial charge in [0.05, 0.1) is 20.2 Å². The predicted octanol–water partition coefficient (Wildman–Crippen LogP) is 1.70. The lowest BCUT2D eigenvalue weighted by atomic mass is 10.1. The van der Waals surface area contributed by atoms with Crippen LogP contribution in [0.3, 0.4) is 0 Å². The molecule has 0 aromatic heterocycles. The van der Waals surface area contributed by atoms with Gasteiger partial charge in [0, 0.05) is 44.7 Å². The Bertz CT molecular complexity index is 596. The maximum absolute atomic E-state index is 12.4. The molecule has 144 valence electrons. The lowest BCUT2D eigenvalue weighted by molar-refractivity contribution is -0.140. The number of rotatable bonds is 7. The molecule has 6 heteroatoms. The van der Waals surface area contributed by atoms with Crippen molar-refractivity contribution in [3.63, 3.8) is 0 Å². The third-order valence-corrected chi connectivity index (χ3v) is 5.48. The second-order valence-electron chi connectivity index (χ2n) is 7.44. The van der Waals surface area contributed by atoms with Crippen LogP contribution >= 0.6 is 0 Å². The van der Waals surface area contributed by atoms with Gasteiger partial charge in [-0.1, -0.05) is 6.07 Å². The molecule has 0 N–H and O–H groups in total. The molecule has 2 heterocycles. The number of hydrogen-bond acceptors (Lipinski definition) is 5. The normalized spacial score (nSPS) is 20.5. The lowest BCUT2D eigenvalue weighted by Gasteiger charge is -2.40. The van der Waals surface area contributed by atoms with E-state index in [-0.39, 0.29) is 12.0 Å². The van der Waals surface area contributed by atoms with E-state index in [0.717, 1.165) is 44.1 Å². The smallest absolute Gasteiger partial charge is 0.222 e. The molecule has 0 saturated carbocycles. The second kappa shape index (κ2) is 8.73. The van der Waals surface area contributed by atoms with E-state index in [9.17, 15) is 4.79 Å². The predicted molar refractivity (Wildman–Crippen MR) is 102 cm³/mol. The molecular weight excluding hydrogens is 330 g/mol. The summed E-state index contributed by atoms with van der Waals surface area (Å²) < 4.78 is 11.1. The fourth-order valence-electron chi connectivity index (χ4n) is 3.52. The van der Waals surface area contributed by atoms with Crippen molar-refractivity contribution in [3.8, 4) is 11.5 Å². The Morgan fingerprint density at radius 2 is 1.88 bits per heavy atom. The molecule has 1 aromatic carbocycles. The maximum Gasteiger partial charge on any atom is 0.222 e.